The highest BCUT2D eigenvalue weighted by atomic mass is 16.3. The number of aliphatic hydroxyl groups is 1. The molecule has 1 aromatic rings. The Bertz CT molecular complexity index is 477. The van der Waals surface area contributed by atoms with Crippen LogP contribution in [-0.4, -0.2) is 66.4 Å². The number of anilines is 2. The molecule has 1 aliphatic heterocycles. The van der Waals surface area contributed by atoms with Crippen LogP contribution in [0.2, 0.25) is 0 Å². The Morgan fingerprint density at radius 2 is 2.10 bits per heavy atom. The van der Waals surface area contributed by atoms with Crippen molar-refractivity contribution in [3.63, 3.8) is 0 Å². The molecule has 0 bridgehead atoms. The number of hydrogen-bond donors (Lipinski definition) is 2. The standard InChI is InChI=1S/C15H27N5O/c1-11-12(2)17-15(19(3)4)18-14(11)16-7-9-20-8-5-6-13(21)10-20/h13,21H,5-10H2,1-4H3,(H,16,17,18). The fourth-order valence-electron chi connectivity index (χ4n) is 2.55. The Balaban J connectivity index is 1.93. The van der Waals surface area contributed by atoms with Crippen molar-refractivity contribution in [1.29, 1.82) is 0 Å². The average molecular weight is 293 g/mol. The van der Waals surface area contributed by atoms with Gasteiger partial charge in [0.25, 0.3) is 0 Å². The second kappa shape index (κ2) is 7.04. The molecule has 0 aromatic carbocycles. The fraction of sp³-hybridized carbons (Fsp3) is 0.733. The molecule has 1 unspecified atom stereocenters. The topological polar surface area (TPSA) is 64.5 Å². The van der Waals surface area contributed by atoms with Gasteiger partial charge >= 0.3 is 0 Å². The molecule has 6 heteroatoms. The smallest absolute Gasteiger partial charge is 0.227 e. The highest BCUT2D eigenvalue weighted by Gasteiger charge is 2.17. The van der Waals surface area contributed by atoms with Gasteiger partial charge in [-0.05, 0) is 33.2 Å². The van der Waals surface area contributed by atoms with Gasteiger partial charge in [-0.1, -0.05) is 0 Å². The van der Waals surface area contributed by atoms with Crippen molar-refractivity contribution in [3.05, 3.63) is 11.3 Å². The summed E-state index contributed by atoms with van der Waals surface area (Å²) in [7, 11) is 3.89. The number of β-amino-alcohol motifs (C(OH)–C–C–N with tert-alkyl or cyclic N) is 1. The molecule has 0 radical (unpaired) electrons. The second-order valence-electron chi connectivity index (χ2n) is 6.00. The van der Waals surface area contributed by atoms with Crippen LogP contribution in [0.25, 0.3) is 0 Å². The van der Waals surface area contributed by atoms with Crippen LogP contribution in [0.1, 0.15) is 24.1 Å². The lowest BCUT2D eigenvalue weighted by atomic mass is 10.1. The summed E-state index contributed by atoms with van der Waals surface area (Å²) in [5.74, 6) is 1.64. The number of aliphatic hydroxyl groups excluding tert-OH is 1. The molecule has 2 rings (SSSR count). The van der Waals surface area contributed by atoms with Crippen molar-refractivity contribution in [3.8, 4) is 0 Å². The van der Waals surface area contributed by atoms with E-state index in [1.54, 1.807) is 0 Å². The maximum absolute atomic E-state index is 9.69. The number of piperidine rings is 1. The fourth-order valence-corrected chi connectivity index (χ4v) is 2.55. The molecule has 0 aliphatic carbocycles. The van der Waals surface area contributed by atoms with E-state index in [0.717, 1.165) is 62.0 Å². The molecule has 1 fully saturated rings. The van der Waals surface area contributed by atoms with Crippen molar-refractivity contribution in [1.82, 2.24) is 14.9 Å². The minimum atomic E-state index is -0.165. The lowest BCUT2D eigenvalue weighted by Gasteiger charge is -2.30. The minimum absolute atomic E-state index is 0.165. The minimum Gasteiger partial charge on any atom is -0.392 e. The molecule has 1 aromatic heterocycles. The van der Waals surface area contributed by atoms with Gasteiger partial charge in [-0.2, -0.15) is 4.98 Å². The third-order valence-electron chi connectivity index (χ3n) is 3.98. The molecule has 6 nitrogen and oxygen atoms in total. The number of likely N-dealkylation sites (tertiary alicyclic amines) is 1. The second-order valence-corrected chi connectivity index (χ2v) is 6.00. The van der Waals surface area contributed by atoms with Crippen LogP contribution >= 0.6 is 0 Å². The Kier molecular flexibility index (Phi) is 5.36. The zero-order valence-electron chi connectivity index (χ0n) is 13.6. The van der Waals surface area contributed by atoms with E-state index in [9.17, 15) is 5.11 Å². The first kappa shape index (κ1) is 16.0. The monoisotopic (exact) mass is 293 g/mol. The average Bonchev–Trinajstić information content (AvgIpc) is 2.43. The molecular formula is C15H27N5O. The summed E-state index contributed by atoms with van der Waals surface area (Å²) in [6, 6.07) is 0. The number of rotatable bonds is 5. The third-order valence-corrected chi connectivity index (χ3v) is 3.98. The summed E-state index contributed by atoms with van der Waals surface area (Å²) in [5.41, 5.74) is 2.10. The number of hydrogen-bond acceptors (Lipinski definition) is 6. The molecule has 0 spiro atoms. The first-order valence-corrected chi connectivity index (χ1v) is 7.64. The lowest BCUT2D eigenvalue weighted by Crippen LogP contribution is -2.40. The molecule has 2 heterocycles. The van der Waals surface area contributed by atoms with Crippen LogP contribution in [0.3, 0.4) is 0 Å². The van der Waals surface area contributed by atoms with Crippen molar-refractivity contribution in [2.24, 2.45) is 0 Å². The predicted octanol–water partition coefficient (Wildman–Crippen LogP) is 1.03. The van der Waals surface area contributed by atoms with E-state index in [1.165, 1.54) is 0 Å². The summed E-state index contributed by atoms with van der Waals surface area (Å²) in [6.07, 6.45) is 1.85. The van der Waals surface area contributed by atoms with Crippen LogP contribution in [0.4, 0.5) is 11.8 Å². The Labute approximate surface area is 127 Å². The molecule has 1 atom stereocenters. The van der Waals surface area contributed by atoms with Crippen molar-refractivity contribution < 1.29 is 5.11 Å². The van der Waals surface area contributed by atoms with Gasteiger partial charge in [0.05, 0.1) is 6.10 Å². The van der Waals surface area contributed by atoms with Gasteiger partial charge in [0.2, 0.25) is 5.95 Å². The number of nitrogens with zero attached hydrogens (tertiary/aromatic N) is 4. The quantitative estimate of drug-likeness (QED) is 0.845. The van der Waals surface area contributed by atoms with Crippen LogP contribution < -0.4 is 10.2 Å². The van der Waals surface area contributed by atoms with E-state index in [0.29, 0.717) is 0 Å². The van der Waals surface area contributed by atoms with Crippen molar-refractivity contribution in [2.75, 3.05) is 50.5 Å². The van der Waals surface area contributed by atoms with Crippen molar-refractivity contribution in [2.45, 2.75) is 32.8 Å². The van der Waals surface area contributed by atoms with Gasteiger partial charge in [0.1, 0.15) is 5.82 Å². The molecule has 1 aliphatic rings. The third kappa shape index (κ3) is 4.28. The summed E-state index contributed by atoms with van der Waals surface area (Å²) < 4.78 is 0. The zero-order chi connectivity index (χ0) is 15.4. The van der Waals surface area contributed by atoms with Crippen LogP contribution in [0.5, 0.6) is 0 Å². The van der Waals surface area contributed by atoms with Crippen LogP contribution in [-0.2, 0) is 0 Å². The molecule has 118 valence electrons. The summed E-state index contributed by atoms with van der Waals surface area (Å²) in [6.45, 7) is 7.67. The Morgan fingerprint density at radius 1 is 1.33 bits per heavy atom. The molecule has 21 heavy (non-hydrogen) atoms. The first-order chi connectivity index (χ1) is 9.97. The predicted molar refractivity (Wildman–Crippen MR) is 86.0 cm³/mol. The number of aromatic nitrogens is 2. The van der Waals surface area contributed by atoms with E-state index in [2.05, 4.69) is 20.2 Å². The van der Waals surface area contributed by atoms with E-state index >= 15 is 0 Å². The SMILES string of the molecule is Cc1nc(N(C)C)nc(NCCN2CCCC(O)C2)c1C. The van der Waals surface area contributed by atoms with E-state index in [4.69, 9.17) is 0 Å². The van der Waals surface area contributed by atoms with E-state index < -0.39 is 0 Å². The Hall–Kier alpha value is -1.40. The van der Waals surface area contributed by atoms with Crippen LogP contribution in [0, 0.1) is 13.8 Å². The van der Waals surface area contributed by atoms with Gasteiger partial charge < -0.3 is 15.3 Å². The Morgan fingerprint density at radius 3 is 2.76 bits per heavy atom. The first-order valence-electron chi connectivity index (χ1n) is 7.64. The zero-order valence-corrected chi connectivity index (χ0v) is 13.6. The highest BCUT2D eigenvalue weighted by Crippen LogP contribution is 2.18. The van der Waals surface area contributed by atoms with Gasteiger partial charge in [0, 0.05) is 45.0 Å². The lowest BCUT2D eigenvalue weighted by molar-refractivity contribution is 0.0730. The highest BCUT2D eigenvalue weighted by molar-refractivity contribution is 5.50. The van der Waals surface area contributed by atoms with Gasteiger partial charge in [-0.25, -0.2) is 4.98 Å². The van der Waals surface area contributed by atoms with E-state index in [1.807, 2.05) is 32.8 Å². The molecule has 0 amide bonds. The molecule has 1 saturated heterocycles. The number of aryl methyl sites for hydroxylation is 1. The van der Waals surface area contributed by atoms with E-state index in [-0.39, 0.29) is 6.10 Å². The largest absolute Gasteiger partial charge is 0.392 e. The molecule has 0 saturated carbocycles. The molecule has 2 N–H and O–H groups in total. The molecular weight excluding hydrogens is 266 g/mol. The number of nitrogens with one attached hydrogen (secondary N) is 1. The maximum Gasteiger partial charge on any atom is 0.227 e. The van der Waals surface area contributed by atoms with Gasteiger partial charge in [-0.3, -0.25) is 4.90 Å². The summed E-state index contributed by atoms with van der Waals surface area (Å²) >= 11 is 0. The normalized spacial score (nSPS) is 19.6. The summed E-state index contributed by atoms with van der Waals surface area (Å²) in [5, 5.41) is 13.1. The summed E-state index contributed by atoms with van der Waals surface area (Å²) in [4.78, 5) is 13.3. The van der Waals surface area contributed by atoms with Gasteiger partial charge in [0.15, 0.2) is 0 Å². The van der Waals surface area contributed by atoms with Crippen LogP contribution in [0.15, 0.2) is 0 Å². The van der Waals surface area contributed by atoms with Crippen molar-refractivity contribution >= 4 is 11.8 Å². The van der Waals surface area contributed by atoms with Gasteiger partial charge in [-0.15, -0.1) is 0 Å². The maximum atomic E-state index is 9.69.